The molecule has 0 spiro atoms. The monoisotopic (exact) mass is 322 g/mol. The van der Waals surface area contributed by atoms with Crippen molar-refractivity contribution in [3.05, 3.63) is 12.2 Å². The van der Waals surface area contributed by atoms with Crippen LogP contribution in [-0.4, -0.2) is 22.3 Å². The number of hydrogen-bond donors (Lipinski definition) is 2. The lowest BCUT2D eigenvalue weighted by atomic mass is 9.46. The number of carbonyl (C=O) groups is 1. The summed E-state index contributed by atoms with van der Waals surface area (Å²) in [4.78, 5) is 10.9. The fourth-order valence-corrected chi connectivity index (χ4v) is 5.55. The van der Waals surface area contributed by atoms with E-state index in [1.54, 1.807) is 0 Å². The molecule has 0 amide bonds. The van der Waals surface area contributed by atoms with Crippen molar-refractivity contribution in [1.29, 1.82) is 0 Å². The average Bonchev–Trinajstić information content (AvgIpc) is 2.42. The number of fused-ring (bicyclic) bond motifs is 1. The minimum Gasteiger partial charge on any atom is -0.481 e. The second kappa shape index (κ2) is 6.58. The van der Waals surface area contributed by atoms with Crippen LogP contribution >= 0.6 is 0 Å². The summed E-state index contributed by atoms with van der Waals surface area (Å²) in [6.45, 7) is 13.2. The number of aliphatic carboxylic acids is 1. The second-order valence-electron chi connectivity index (χ2n) is 8.96. The third-order valence-corrected chi connectivity index (χ3v) is 7.02. The summed E-state index contributed by atoms with van der Waals surface area (Å²) in [7, 11) is 0. The standard InChI is InChI=1S/C20H34O3/c1-13(12-18(22)23)6-8-15-14(2)7-9-16-19(3,4)17(21)10-11-20(15,16)5/h13,15-17,21H,2,6-12H2,1,3-5H3,(H,22,23)/t13-,15-,16-,17-,20+/m0/s1. The normalized spacial score (nSPS) is 38.0. The van der Waals surface area contributed by atoms with Crippen molar-refractivity contribution in [3.8, 4) is 0 Å². The van der Waals surface area contributed by atoms with Gasteiger partial charge in [0.05, 0.1) is 6.10 Å². The fourth-order valence-electron chi connectivity index (χ4n) is 5.55. The van der Waals surface area contributed by atoms with E-state index >= 15 is 0 Å². The highest BCUT2D eigenvalue weighted by Crippen LogP contribution is 2.61. The average molecular weight is 322 g/mol. The number of carboxylic acids is 1. The smallest absolute Gasteiger partial charge is 0.303 e. The predicted octanol–water partition coefficient (Wildman–Crippen LogP) is 4.65. The molecule has 23 heavy (non-hydrogen) atoms. The lowest BCUT2D eigenvalue weighted by Crippen LogP contribution is -2.54. The third kappa shape index (κ3) is 3.50. The maximum absolute atomic E-state index is 10.9. The predicted molar refractivity (Wildman–Crippen MR) is 93.1 cm³/mol. The molecule has 0 aliphatic heterocycles. The van der Waals surface area contributed by atoms with Crippen molar-refractivity contribution >= 4 is 5.97 Å². The molecular weight excluding hydrogens is 288 g/mol. The van der Waals surface area contributed by atoms with Crippen LogP contribution in [0.25, 0.3) is 0 Å². The zero-order valence-electron chi connectivity index (χ0n) is 15.3. The van der Waals surface area contributed by atoms with Crippen LogP contribution in [0.1, 0.15) is 72.6 Å². The number of hydrogen-bond acceptors (Lipinski definition) is 2. The van der Waals surface area contributed by atoms with E-state index in [-0.39, 0.29) is 29.3 Å². The summed E-state index contributed by atoms with van der Waals surface area (Å²) in [6.07, 6.45) is 6.12. The summed E-state index contributed by atoms with van der Waals surface area (Å²) < 4.78 is 0. The number of aliphatic hydroxyl groups is 1. The van der Waals surface area contributed by atoms with E-state index in [0.717, 1.165) is 38.5 Å². The van der Waals surface area contributed by atoms with Gasteiger partial charge < -0.3 is 10.2 Å². The van der Waals surface area contributed by atoms with E-state index in [1.807, 2.05) is 6.92 Å². The molecule has 2 aliphatic carbocycles. The molecule has 2 N–H and O–H groups in total. The lowest BCUT2D eigenvalue weighted by molar-refractivity contribution is -0.138. The van der Waals surface area contributed by atoms with Crippen LogP contribution < -0.4 is 0 Å². The van der Waals surface area contributed by atoms with Crippen LogP contribution in [0.2, 0.25) is 0 Å². The molecule has 3 heteroatoms. The van der Waals surface area contributed by atoms with Crippen LogP contribution in [0, 0.1) is 28.6 Å². The van der Waals surface area contributed by atoms with Gasteiger partial charge in [-0.05, 0) is 67.1 Å². The van der Waals surface area contributed by atoms with E-state index < -0.39 is 5.97 Å². The molecule has 132 valence electrons. The van der Waals surface area contributed by atoms with Gasteiger partial charge in [0, 0.05) is 6.42 Å². The van der Waals surface area contributed by atoms with Crippen LogP contribution in [0.5, 0.6) is 0 Å². The molecule has 0 unspecified atom stereocenters. The Labute approximate surface area is 141 Å². The summed E-state index contributed by atoms with van der Waals surface area (Å²) in [5, 5.41) is 19.4. The molecule has 2 fully saturated rings. The summed E-state index contributed by atoms with van der Waals surface area (Å²) in [5.41, 5.74) is 1.50. The highest BCUT2D eigenvalue weighted by molar-refractivity contribution is 5.66. The first-order valence-electron chi connectivity index (χ1n) is 9.16. The molecule has 3 nitrogen and oxygen atoms in total. The SMILES string of the molecule is C=C1CC[C@H]2C(C)(C)[C@@H](O)CC[C@]2(C)[C@H]1CC[C@H](C)CC(=O)O. The first-order valence-corrected chi connectivity index (χ1v) is 9.16. The zero-order chi connectivity index (χ0) is 17.4. The molecule has 2 saturated carbocycles. The molecule has 2 rings (SSSR count). The molecular formula is C20H34O3. The van der Waals surface area contributed by atoms with Crippen molar-refractivity contribution in [1.82, 2.24) is 0 Å². The third-order valence-electron chi connectivity index (χ3n) is 7.02. The maximum Gasteiger partial charge on any atom is 0.303 e. The molecule has 0 aromatic rings. The Balaban J connectivity index is 2.14. The zero-order valence-corrected chi connectivity index (χ0v) is 15.3. The summed E-state index contributed by atoms with van der Waals surface area (Å²) in [5.74, 6) is 0.491. The Morgan fingerprint density at radius 1 is 1.35 bits per heavy atom. The minimum atomic E-state index is -0.703. The van der Waals surface area contributed by atoms with E-state index in [4.69, 9.17) is 5.11 Å². The summed E-state index contributed by atoms with van der Waals surface area (Å²) in [6, 6.07) is 0. The second-order valence-corrected chi connectivity index (χ2v) is 8.96. The Morgan fingerprint density at radius 3 is 2.61 bits per heavy atom. The van der Waals surface area contributed by atoms with Crippen LogP contribution in [0.4, 0.5) is 0 Å². The van der Waals surface area contributed by atoms with Crippen LogP contribution in [0.15, 0.2) is 12.2 Å². The summed E-state index contributed by atoms with van der Waals surface area (Å²) >= 11 is 0. The Kier molecular flexibility index (Phi) is 5.30. The van der Waals surface area contributed by atoms with Gasteiger partial charge in [0.15, 0.2) is 0 Å². The van der Waals surface area contributed by atoms with Crippen molar-refractivity contribution in [2.24, 2.45) is 28.6 Å². The first kappa shape index (κ1) is 18.5. The number of aliphatic hydroxyl groups excluding tert-OH is 1. The molecule has 0 saturated heterocycles. The van der Waals surface area contributed by atoms with E-state index in [9.17, 15) is 9.90 Å². The van der Waals surface area contributed by atoms with Gasteiger partial charge in [0.1, 0.15) is 0 Å². The number of rotatable bonds is 5. The molecule has 2 aliphatic rings. The molecule has 0 bridgehead atoms. The topological polar surface area (TPSA) is 57.5 Å². The first-order chi connectivity index (χ1) is 10.6. The number of carboxylic acid groups (broad SMARTS) is 1. The van der Waals surface area contributed by atoms with E-state index in [1.165, 1.54) is 5.57 Å². The Hall–Kier alpha value is -0.830. The molecule has 0 aromatic heterocycles. The largest absolute Gasteiger partial charge is 0.481 e. The number of allylic oxidation sites excluding steroid dienone is 1. The van der Waals surface area contributed by atoms with Crippen molar-refractivity contribution in [2.75, 3.05) is 0 Å². The Morgan fingerprint density at radius 2 is 2.00 bits per heavy atom. The van der Waals surface area contributed by atoms with Gasteiger partial charge in [-0.1, -0.05) is 39.8 Å². The van der Waals surface area contributed by atoms with E-state index in [0.29, 0.717) is 11.8 Å². The van der Waals surface area contributed by atoms with Gasteiger partial charge in [-0.15, -0.1) is 0 Å². The molecule has 0 radical (unpaired) electrons. The highest BCUT2D eigenvalue weighted by Gasteiger charge is 2.55. The molecule has 5 atom stereocenters. The van der Waals surface area contributed by atoms with Crippen LogP contribution in [0.3, 0.4) is 0 Å². The molecule has 0 aromatic carbocycles. The van der Waals surface area contributed by atoms with Gasteiger partial charge in [-0.3, -0.25) is 4.79 Å². The Bertz CT molecular complexity index is 468. The van der Waals surface area contributed by atoms with Crippen LogP contribution in [-0.2, 0) is 4.79 Å². The lowest BCUT2D eigenvalue weighted by Gasteiger charge is -2.59. The quantitative estimate of drug-likeness (QED) is 0.725. The van der Waals surface area contributed by atoms with Crippen molar-refractivity contribution in [3.63, 3.8) is 0 Å². The maximum atomic E-state index is 10.9. The van der Waals surface area contributed by atoms with Gasteiger partial charge in [-0.25, -0.2) is 0 Å². The van der Waals surface area contributed by atoms with Crippen molar-refractivity contribution in [2.45, 2.75) is 78.7 Å². The van der Waals surface area contributed by atoms with Gasteiger partial charge in [-0.2, -0.15) is 0 Å². The van der Waals surface area contributed by atoms with Gasteiger partial charge in [0.25, 0.3) is 0 Å². The fraction of sp³-hybridized carbons (Fsp3) is 0.850. The highest BCUT2D eigenvalue weighted by atomic mass is 16.4. The molecule has 0 heterocycles. The van der Waals surface area contributed by atoms with E-state index in [2.05, 4.69) is 27.4 Å². The van der Waals surface area contributed by atoms with Gasteiger partial charge >= 0.3 is 5.97 Å². The van der Waals surface area contributed by atoms with Crippen molar-refractivity contribution < 1.29 is 15.0 Å². The minimum absolute atomic E-state index is 0.0430. The van der Waals surface area contributed by atoms with Gasteiger partial charge in [0.2, 0.25) is 0 Å².